The lowest BCUT2D eigenvalue weighted by molar-refractivity contribution is -0.315. The summed E-state index contributed by atoms with van der Waals surface area (Å²) in [6.45, 7) is 3.33. The molecule has 1 N–H and O–H groups in total. The molecule has 2 heterocycles. The molecule has 2 aromatic carbocycles. The van der Waals surface area contributed by atoms with Gasteiger partial charge in [-0.05, 0) is 17.5 Å². The second-order valence-corrected chi connectivity index (χ2v) is 9.25. The van der Waals surface area contributed by atoms with E-state index >= 15 is 0 Å². The smallest absolute Gasteiger partial charge is 0.171 e. The van der Waals surface area contributed by atoms with Crippen molar-refractivity contribution in [3.63, 3.8) is 0 Å². The van der Waals surface area contributed by atoms with Crippen LogP contribution in [0, 0.1) is 5.41 Å². The zero-order valence-electron chi connectivity index (χ0n) is 15.8. The average molecular weight is 385 g/mol. The molecule has 2 unspecified atom stereocenters. The lowest BCUT2D eigenvalue weighted by Gasteiger charge is -2.50. The predicted molar refractivity (Wildman–Crippen MR) is 110 cm³/mol. The Hall–Kier alpha value is -1.33. The summed E-state index contributed by atoms with van der Waals surface area (Å²) in [6.07, 6.45) is 2.55. The van der Waals surface area contributed by atoms with E-state index in [1.165, 1.54) is 11.1 Å². The van der Waals surface area contributed by atoms with Crippen molar-refractivity contribution in [2.45, 2.75) is 42.5 Å². The Labute approximate surface area is 166 Å². The molecular weight excluding hydrogens is 356 g/mol. The average Bonchev–Trinajstić information content (AvgIpc) is 2.76. The zero-order chi connectivity index (χ0) is 18.7. The molecule has 0 saturated carbocycles. The van der Waals surface area contributed by atoms with Crippen LogP contribution in [0.2, 0.25) is 0 Å². The Bertz CT molecular complexity index is 670. The number of aliphatic hydroxyl groups excluding tert-OH is 1. The summed E-state index contributed by atoms with van der Waals surface area (Å²) < 4.78 is 12.8. The maximum absolute atomic E-state index is 9.82. The number of hydrogen-bond donors (Lipinski definition) is 1. The Morgan fingerprint density at radius 3 is 1.78 bits per heavy atom. The second kappa shape index (κ2) is 7.96. The fourth-order valence-electron chi connectivity index (χ4n) is 3.97. The van der Waals surface area contributed by atoms with Gasteiger partial charge >= 0.3 is 0 Å². The van der Waals surface area contributed by atoms with Gasteiger partial charge in [0, 0.05) is 28.8 Å². The first-order valence-corrected chi connectivity index (χ1v) is 10.8. The normalized spacial score (nSPS) is 33.9. The van der Waals surface area contributed by atoms with Crippen molar-refractivity contribution >= 4 is 11.8 Å². The summed E-state index contributed by atoms with van der Waals surface area (Å²) in [5.74, 6) is -0.569. The van der Waals surface area contributed by atoms with Crippen LogP contribution < -0.4 is 0 Å². The van der Waals surface area contributed by atoms with Crippen molar-refractivity contribution in [2.24, 2.45) is 5.41 Å². The van der Waals surface area contributed by atoms with E-state index in [0.29, 0.717) is 23.7 Å². The summed E-state index contributed by atoms with van der Waals surface area (Å²) in [7, 11) is 0. The summed E-state index contributed by atoms with van der Waals surface area (Å²) >= 11 is 2.01. The monoisotopic (exact) mass is 384 g/mol. The van der Waals surface area contributed by atoms with Gasteiger partial charge in [-0.2, -0.15) is 0 Å². The van der Waals surface area contributed by atoms with Crippen LogP contribution in [0.15, 0.2) is 60.7 Å². The minimum atomic E-state index is -0.569. The maximum Gasteiger partial charge on any atom is 0.171 e. The highest BCUT2D eigenvalue weighted by molar-refractivity contribution is 7.99. The van der Waals surface area contributed by atoms with Crippen LogP contribution in [0.5, 0.6) is 0 Å². The number of thioether (sulfide) groups is 1. The molecular formula is C23H28O3S. The SMILES string of the molecule is CCC1(CO)COC2(CC(c3ccccc3)SC(c3ccccc3)C2)OC1. The molecule has 144 valence electrons. The fourth-order valence-corrected chi connectivity index (χ4v) is 5.69. The topological polar surface area (TPSA) is 38.7 Å². The van der Waals surface area contributed by atoms with Crippen molar-refractivity contribution < 1.29 is 14.6 Å². The van der Waals surface area contributed by atoms with Gasteiger partial charge in [0.15, 0.2) is 5.79 Å². The van der Waals surface area contributed by atoms with Gasteiger partial charge in [0.1, 0.15) is 0 Å². The van der Waals surface area contributed by atoms with Gasteiger partial charge in [0.2, 0.25) is 0 Å². The molecule has 4 rings (SSSR count). The van der Waals surface area contributed by atoms with Crippen LogP contribution in [0.3, 0.4) is 0 Å². The highest BCUT2D eigenvalue weighted by Gasteiger charge is 2.49. The number of ether oxygens (including phenoxy) is 2. The minimum absolute atomic E-state index is 0.110. The summed E-state index contributed by atoms with van der Waals surface area (Å²) in [5, 5.41) is 10.5. The molecule has 0 bridgehead atoms. The molecule has 4 heteroatoms. The first kappa shape index (κ1) is 19.0. The van der Waals surface area contributed by atoms with Crippen LogP contribution in [-0.4, -0.2) is 30.7 Å². The van der Waals surface area contributed by atoms with Crippen LogP contribution in [0.4, 0.5) is 0 Å². The highest BCUT2D eigenvalue weighted by atomic mass is 32.2. The molecule has 0 aromatic heterocycles. The van der Waals surface area contributed by atoms with E-state index in [2.05, 4.69) is 67.6 Å². The molecule has 2 atom stereocenters. The van der Waals surface area contributed by atoms with Gasteiger partial charge in [-0.3, -0.25) is 0 Å². The summed E-state index contributed by atoms with van der Waals surface area (Å²) in [5.41, 5.74) is 2.38. The van der Waals surface area contributed by atoms with Crippen LogP contribution in [-0.2, 0) is 9.47 Å². The molecule has 2 aliphatic heterocycles. The summed E-state index contributed by atoms with van der Waals surface area (Å²) in [4.78, 5) is 0. The van der Waals surface area contributed by atoms with Crippen LogP contribution in [0.1, 0.15) is 47.8 Å². The number of benzene rings is 2. The number of aliphatic hydroxyl groups is 1. The highest BCUT2D eigenvalue weighted by Crippen LogP contribution is 2.56. The molecule has 0 amide bonds. The van der Waals surface area contributed by atoms with Crippen molar-refractivity contribution in [2.75, 3.05) is 19.8 Å². The van der Waals surface area contributed by atoms with Crippen LogP contribution >= 0.6 is 11.8 Å². The second-order valence-electron chi connectivity index (χ2n) is 7.84. The fraction of sp³-hybridized carbons (Fsp3) is 0.478. The quantitative estimate of drug-likeness (QED) is 0.793. The largest absolute Gasteiger partial charge is 0.396 e. The third-order valence-corrected chi connectivity index (χ3v) is 7.57. The Morgan fingerprint density at radius 1 is 0.889 bits per heavy atom. The van der Waals surface area contributed by atoms with Gasteiger partial charge in [0.25, 0.3) is 0 Å². The van der Waals surface area contributed by atoms with E-state index in [0.717, 1.165) is 19.3 Å². The zero-order valence-corrected chi connectivity index (χ0v) is 16.7. The van der Waals surface area contributed by atoms with Crippen LogP contribution in [0.25, 0.3) is 0 Å². The molecule has 0 aliphatic carbocycles. The molecule has 2 saturated heterocycles. The van der Waals surface area contributed by atoms with E-state index in [4.69, 9.17) is 9.47 Å². The van der Waals surface area contributed by atoms with Gasteiger partial charge in [-0.25, -0.2) is 0 Å². The molecule has 2 fully saturated rings. The first-order valence-electron chi connectivity index (χ1n) is 9.82. The van der Waals surface area contributed by atoms with Gasteiger partial charge in [-0.15, -0.1) is 11.8 Å². The van der Waals surface area contributed by atoms with Crippen molar-refractivity contribution in [3.05, 3.63) is 71.8 Å². The van der Waals surface area contributed by atoms with E-state index in [1.807, 2.05) is 11.8 Å². The summed E-state index contributed by atoms with van der Waals surface area (Å²) in [6, 6.07) is 21.3. The molecule has 2 aromatic rings. The lowest BCUT2D eigenvalue weighted by atomic mass is 9.85. The van der Waals surface area contributed by atoms with Gasteiger partial charge in [-0.1, -0.05) is 67.6 Å². The first-order chi connectivity index (χ1) is 13.2. The molecule has 0 radical (unpaired) electrons. The predicted octanol–water partition coefficient (Wildman–Crippen LogP) is 5.13. The Balaban J connectivity index is 1.61. The van der Waals surface area contributed by atoms with Crippen molar-refractivity contribution in [3.8, 4) is 0 Å². The van der Waals surface area contributed by atoms with E-state index < -0.39 is 5.79 Å². The van der Waals surface area contributed by atoms with E-state index in [1.54, 1.807) is 0 Å². The Morgan fingerprint density at radius 2 is 1.37 bits per heavy atom. The van der Waals surface area contributed by atoms with Crippen molar-refractivity contribution in [1.82, 2.24) is 0 Å². The molecule has 2 aliphatic rings. The minimum Gasteiger partial charge on any atom is -0.396 e. The van der Waals surface area contributed by atoms with Crippen molar-refractivity contribution in [1.29, 1.82) is 0 Å². The standard InChI is InChI=1S/C23H28O3S/c1-2-22(15-24)16-25-23(26-17-22)13-20(18-9-5-3-6-10-18)27-21(14-23)19-11-7-4-8-12-19/h3-12,20-21,24H,2,13-17H2,1H3. The van der Waals surface area contributed by atoms with Gasteiger partial charge in [0.05, 0.1) is 19.8 Å². The van der Waals surface area contributed by atoms with E-state index in [-0.39, 0.29) is 12.0 Å². The van der Waals surface area contributed by atoms with Gasteiger partial charge < -0.3 is 14.6 Å². The molecule has 1 spiro atoms. The number of rotatable bonds is 4. The maximum atomic E-state index is 9.82. The molecule has 27 heavy (non-hydrogen) atoms. The molecule has 3 nitrogen and oxygen atoms in total. The van der Waals surface area contributed by atoms with E-state index in [9.17, 15) is 5.11 Å². The lowest BCUT2D eigenvalue weighted by Crippen LogP contribution is -2.53. The third-order valence-electron chi connectivity index (χ3n) is 6.03. The third kappa shape index (κ3) is 3.95. The number of hydrogen-bond acceptors (Lipinski definition) is 4. The Kier molecular flexibility index (Phi) is 5.60.